The molecule has 3 N–H and O–H groups in total. The van der Waals surface area contributed by atoms with Crippen LogP contribution in [0.1, 0.15) is 52.9 Å². The summed E-state index contributed by atoms with van der Waals surface area (Å²) in [5.41, 5.74) is 5.61. The van der Waals surface area contributed by atoms with E-state index in [0.717, 1.165) is 12.8 Å². The molecule has 0 radical (unpaired) electrons. The summed E-state index contributed by atoms with van der Waals surface area (Å²) in [6.45, 7) is 6.92. The third kappa shape index (κ3) is 3.78. The summed E-state index contributed by atoms with van der Waals surface area (Å²) in [4.78, 5) is 11.9. The minimum absolute atomic E-state index is 0.164. The monoisotopic (exact) mass is 226 g/mol. The number of nitrogens with one attached hydrogen (secondary N) is 1. The lowest BCUT2D eigenvalue weighted by Gasteiger charge is -2.30. The second kappa shape index (κ2) is 5.67. The van der Waals surface area contributed by atoms with Crippen LogP contribution in [0.15, 0.2) is 0 Å². The number of nitrogens with two attached hydrogens (primary N) is 1. The number of hydrogen-bond donors (Lipinski definition) is 2. The van der Waals surface area contributed by atoms with Gasteiger partial charge in [0.1, 0.15) is 0 Å². The van der Waals surface area contributed by atoms with Gasteiger partial charge in [0.15, 0.2) is 0 Å². The van der Waals surface area contributed by atoms with Crippen molar-refractivity contribution >= 4 is 5.91 Å². The summed E-state index contributed by atoms with van der Waals surface area (Å²) < 4.78 is 0. The fraction of sp³-hybridized carbons (Fsp3) is 0.923. The zero-order valence-corrected chi connectivity index (χ0v) is 10.9. The maximum atomic E-state index is 11.9. The van der Waals surface area contributed by atoms with E-state index in [4.69, 9.17) is 5.73 Å². The molecule has 0 saturated heterocycles. The quantitative estimate of drug-likeness (QED) is 0.698. The molecule has 1 amide bonds. The fourth-order valence-electron chi connectivity index (χ4n) is 2.32. The molecule has 1 aliphatic carbocycles. The van der Waals surface area contributed by atoms with Crippen molar-refractivity contribution in [2.75, 3.05) is 6.54 Å². The molecule has 1 fully saturated rings. The molecule has 0 heterocycles. The van der Waals surface area contributed by atoms with Crippen LogP contribution in [0.5, 0.6) is 0 Å². The van der Waals surface area contributed by atoms with Crippen molar-refractivity contribution in [2.45, 2.75) is 58.4 Å². The van der Waals surface area contributed by atoms with Crippen molar-refractivity contribution in [3.05, 3.63) is 0 Å². The average Bonchev–Trinajstić information content (AvgIpc) is 3.00. The van der Waals surface area contributed by atoms with Crippen LogP contribution >= 0.6 is 0 Å². The minimum Gasteiger partial charge on any atom is -0.349 e. The molecule has 16 heavy (non-hydrogen) atoms. The number of carbonyl (C=O) groups excluding carboxylic acids is 1. The van der Waals surface area contributed by atoms with Gasteiger partial charge in [-0.05, 0) is 31.6 Å². The van der Waals surface area contributed by atoms with Gasteiger partial charge < -0.3 is 11.1 Å². The van der Waals surface area contributed by atoms with Crippen molar-refractivity contribution in [1.29, 1.82) is 0 Å². The third-order valence-electron chi connectivity index (χ3n) is 3.64. The Morgan fingerprint density at radius 2 is 2.19 bits per heavy atom. The highest BCUT2D eigenvalue weighted by molar-refractivity contribution is 5.77. The molecule has 94 valence electrons. The van der Waals surface area contributed by atoms with Gasteiger partial charge in [0, 0.05) is 13.0 Å². The van der Waals surface area contributed by atoms with E-state index in [0.29, 0.717) is 24.8 Å². The number of rotatable bonds is 7. The van der Waals surface area contributed by atoms with Gasteiger partial charge in [0.25, 0.3) is 0 Å². The summed E-state index contributed by atoms with van der Waals surface area (Å²) in [5.74, 6) is 1.25. The van der Waals surface area contributed by atoms with Gasteiger partial charge in [-0.25, -0.2) is 0 Å². The van der Waals surface area contributed by atoms with E-state index in [1.54, 1.807) is 0 Å². The second-order valence-electron chi connectivity index (χ2n) is 5.54. The van der Waals surface area contributed by atoms with Gasteiger partial charge in [-0.15, -0.1) is 0 Å². The van der Waals surface area contributed by atoms with E-state index in [9.17, 15) is 4.79 Å². The summed E-state index contributed by atoms with van der Waals surface area (Å²) in [6.07, 6.45) is 5.31. The molecular weight excluding hydrogens is 200 g/mol. The first-order valence-corrected chi connectivity index (χ1v) is 6.53. The topological polar surface area (TPSA) is 55.1 Å². The Morgan fingerprint density at radius 1 is 1.56 bits per heavy atom. The molecule has 0 aromatic heterocycles. The van der Waals surface area contributed by atoms with E-state index < -0.39 is 0 Å². The Balaban J connectivity index is 2.37. The van der Waals surface area contributed by atoms with Crippen molar-refractivity contribution in [3.63, 3.8) is 0 Å². The zero-order valence-electron chi connectivity index (χ0n) is 10.9. The molecule has 0 spiro atoms. The van der Waals surface area contributed by atoms with Gasteiger partial charge >= 0.3 is 0 Å². The van der Waals surface area contributed by atoms with Crippen LogP contribution in [-0.4, -0.2) is 18.0 Å². The number of hydrogen-bond acceptors (Lipinski definition) is 2. The molecule has 3 heteroatoms. The van der Waals surface area contributed by atoms with Crippen LogP contribution in [0.2, 0.25) is 0 Å². The predicted molar refractivity (Wildman–Crippen MR) is 67.0 cm³/mol. The Kier molecular flexibility index (Phi) is 4.78. The zero-order chi connectivity index (χ0) is 12.2. The molecule has 0 aromatic carbocycles. The molecule has 0 aromatic rings. The molecule has 2 atom stereocenters. The fourth-order valence-corrected chi connectivity index (χ4v) is 2.32. The summed E-state index contributed by atoms with van der Waals surface area (Å²) in [6, 6.07) is 0. The van der Waals surface area contributed by atoms with E-state index in [-0.39, 0.29) is 11.4 Å². The highest BCUT2D eigenvalue weighted by atomic mass is 16.1. The minimum atomic E-state index is -0.164. The molecule has 2 unspecified atom stereocenters. The first-order valence-electron chi connectivity index (χ1n) is 6.53. The highest BCUT2D eigenvalue weighted by Crippen LogP contribution is 2.39. The van der Waals surface area contributed by atoms with Gasteiger partial charge in [-0.2, -0.15) is 0 Å². The maximum Gasteiger partial charge on any atom is 0.220 e. The summed E-state index contributed by atoms with van der Waals surface area (Å²) >= 11 is 0. The Hall–Kier alpha value is -0.570. The summed E-state index contributed by atoms with van der Waals surface area (Å²) in [7, 11) is 0. The molecule has 0 bridgehead atoms. The van der Waals surface area contributed by atoms with E-state index >= 15 is 0 Å². The molecular formula is C13H26N2O. The first kappa shape index (κ1) is 13.5. The maximum absolute atomic E-state index is 11.9. The highest BCUT2D eigenvalue weighted by Gasteiger charge is 2.41. The van der Waals surface area contributed by atoms with Crippen LogP contribution in [0.25, 0.3) is 0 Å². The van der Waals surface area contributed by atoms with Crippen molar-refractivity contribution < 1.29 is 4.79 Å². The predicted octanol–water partition coefficient (Wildman–Crippen LogP) is 2.06. The van der Waals surface area contributed by atoms with Crippen LogP contribution in [0.3, 0.4) is 0 Å². The standard InChI is InChI=1S/C13H26N2O/c1-4-5-10(2)8-12(16)15-13(3,9-14)11-6-7-11/h10-11H,4-9,14H2,1-3H3,(H,15,16). The number of carbonyl (C=O) groups is 1. The summed E-state index contributed by atoms with van der Waals surface area (Å²) in [5, 5.41) is 3.13. The molecule has 1 saturated carbocycles. The molecule has 0 aliphatic heterocycles. The molecule has 3 nitrogen and oxygen atoms in total. The van der Waals surface area contributed by atoms with Crippen molar-refractivity contribution in [1.82, 2.24) is 5.32 Å². The van der Waals surface area contributed by atoms with Gasteiger partial charge in [0.05, 0.1) is 5.54 Å². The van der Waals surface area contributed by atoms with Crippen LogP contribution in [0, 0.1) is 11.8 Å². The van der Waals surface area contributed by atoms with Gasteiger partial charge in [0.2, 0.25) is 5.91 Å². The largest absolute Gasteiger partial charge is 0.349 e. The van der Waals surface area contributed by atoms with Gasteiger partial charge in [-0.1, -0.05) is 26.7 Å². The normalized spacial score (nSPS) is 21.2. The van der Waals surface area contributed by atoms with E-state index in [2.05, 4.69) is 26.1 Å². The third-order valence-corrected chi connectivity index (χ3v) is 3.64. The van der Waals surface area contributed by atoms with Crippen LogP contribution < -0.4 is 11.1 Å². The average molecular weight is 226 g/mol. The molecule has 1 aliphatic rings. The Morgan fingerprint density at radius 3 is 2.62 bits per heavy atom. The second-order valence-corrected chi connectivity index (χ2v) is 5.54. The molecule has 1 rings (SSSR count). The van der Waals surface area contributed by atoms with Crippen LogP contribution in [0.4, 0.5) is 0 Å². The lowest BCUT2D eigenvalue weighted by atomic mass is 9.94. The van der Waals surface area contributed by atoms with Gasteiger partial charge in [-0.3, -0.25) is 4.79 Å². The first-order chi connectivity index (χ1) is 7.51. The lowest BCUT2D eigenvalue weighted by molar-refractivity contribution is -0.123. The lowest BCUT2D eigenvalue weighted by Crippen LogP contribution is -2.53. The van der Waals surface area contributed by atoms with Crippen LogP contribution in [-0.2, 0) is 4.79 Å². The van der Waals surface area contributed by atoms with E-state index in [1.807, 2.05) is 0 Å². The number of amides is 1. The Labute approximate surface area is 99.2 Å². The Bertz CT molecular complexity index is 238. The van der Waals surface area contributed by atoms with E-state index in [1.165, 1.54) is 12.8 Å². The SMILES string of the molecule is CCCC(C)CC(=O)NC(C)(CN)C1CC1. The van der Waals surface area contributed by atoms with Crippen molar-refractivity contribution in [3.8, 4) is 0 Å². The van der Waals surface area contributed by atoms with Crippen molar-refractivity contribution in [2.24, 2.45) is 17.6 Å². The smallest absolute Gasteiger partial charge is 0.220 e.